The molecule has 0 atom stereocenters. The highest BCUT2D eigenvalue weighted by Crippen LogP contribution is 2.28. The predicted molar refractivity (Wildman–Crippen MR) is 91.9 cm³/mol. The van der Waals surface area contributed by atoms with Crippen molar-refractivity contribution >= 4 is 11.7 Å². The van der Waals surface area contributed by atoms with E-state index in [0.29, 0.717) is 5.56 Å². The van der Waals surface area contributed by atoms with E-state index in [1.165, 1.54) is 6.42 Å². The highest BCUT2D eigenvalue weighted by Gasteiger charge is 2.20. The molecule has 0 aromatic heterocycles. The number of aromatic carboxylic acids is 1. The Bertz CT molecular complexity index is 750. The Labute approximate surface area is 136 Å². The third-order valence-electron chi connectivity index (χ3n) is 4.05. The third kappa shape index (κ3) is 3.54. The van der Waals surface area contributed by atoms with Gasteiger partial charge in [-0.3, -0.25) is 0 Å². The summed E-state index contributed by atoms with van der Waals surface area (Å²) in [6, 6.07) is 15.1. The lowest BCUT2D eigenvalue weighted by Gasteiger charge is -2.30. The minimum absolute atomic E-state index is 0.340. The first-order chi connectivity index (χ1) is 11.3. The van der Waals surface area contributed by atoms with Crippen LogP contribution in [0.1, 0.15) is 40.7 Å². The molecular weight excluding hydrogens is 286 g/mol. The normalized spacial score (nSPS) is 14.0. The Balaban J connectivity index is 2.04. The lowest BCUT2D eigenvalue weighted by atomic mass is 10.0. The lowest BCUT2D eigenvalue weighted by molar-refractivity contribution is 0.0697. The zero-order chi connectivity index (χ0) is 16.1. The fourth-order valence-electron chi connectivity index (χ4n) is 2.94. The van der Waals surface area contributed by atoms with Crippen LogP contribution in [0, 0.1) is 11.8 Å². The summed E-state index contributed by atoms with van der Waals surface area (Å²) < 4.78 is 0. The number of anilines is 1. The Morgan fingerprint density at radius 2 is 1.65 bits per heavy atom. The largest absolute Gasteiger partial charge is 0.478 e. The summed E-state index contributed by atoms with van der Waals surface area (Å²) >= 11 is 0. The molecule has 1 heterocycles. The van der Waals surface area contributed by atoms with E-state index < -0.39 is 5.97 Å². The van der Waals surface area contributed by atoms with Crippen LogP contribution in [0.2, 0.25) is 0 Å². The molecule has 23 heavy (non-hydrogen) atoms. The number of carboxylic acids is 1. The molecule has 3 nitrogen and oxygen atoms in total. The van der Waals surface area contributed by atoms with Crippen molar-refractivity contribution in [3.8, 4) is 11.8 Å². The molecule has 3 rings (SSSR count). The molecule has 1 aliphatic heterocycles. The molecule has 1 aliphatic rings. The molecule has 116 valence electrons. The first-order valence-electron chi connectivity index (χ1n) is 7.94. The Morgan fingerprint density at radius 3 is 2.35 bits per heavy atom. The number of rotatable bonds is 2. The van der Waals surface area contributed by atoms with E-state index in [2.05, 4.69) is 16.7 Å². The van der Waals surface area contributed by atoms with Gasteiger partial charge in [0.25, 0.3) is 0 Å². The van der Waals surface area contributed by atoms with Crippen molar-refractivity contribution in [2.24, 2.45) is 0 Å². The predicted octanol–water partition coefficient (Wildman–Crippen LogP) is 3.77. The number of hydrogen-bond donors (Lipinski definition) is 1. The van der Waals surface area contributed by atoms with Crippen LogP contribution < -0.4 is 4.90 Å². The molecule has 0 radical (unpaired) electrons. The summed E-state index contributed by atoms with van der Waals surface area (Å²) in [7, 11) is 0. The molecule has 0 spiro atoms. The maximum absolute atomic E-state index is 11.6. The van der Waals surface area contributed by atoms with E-state index in [1.807, 2.05) is 36.4 Å². The number of benzene rings is 2. The minimum atomic E-state index is -0.895. The van der Waals surface area contributed by atoms with E-state index in [9.17, 15) is 9.90 Å². The first kappa shape index (κ1) is 15.2. The second kappa shape index (κ2) is 7.02. The van der Waals surface area contributed by atoms with Crippen LogP contribution in [-0.2, 0) is 0 Å². The van der Waals surface area contributed by atoms with E-state index in [4.69, 9.17) is 0 Å². The maximum Gasteiger partial charge on any atom is 0.337 e. The summed E-state index contributed by atoms with van der Waals surface area (Å²) in [5, 5.41) is 9.53. The highest BCUT2D eigenvalue weighted by atomic mass is 16.4. The first-order valence-corrected chi connectivity index (χ1v) is 7.94. The Morgan fingerprint density at radius 1 is 0.913 bits per heavy atom. The van der Waals surface area contributed by atoms with Crippen molar-refractivity contribution in [3.63, 3.8) is 0 Å². The number of carbonyl (C=O) groups is 1. The molecular formula is C20H19NO2. The van der Waals surface area contributed by atoms with Crippen LogP contribution >= 0.6 is 0 Å². The third-order valence-corrected chi connectivity index (χ3v) is 4.05. The lowest BCUT2D eigenvalue weighted by Crippen LogP contribution is -2.31. The molecule has 0 bridgehead atoms. The summed E-state index contributed by atoms with van der Waals surface area (Å²) in [6.45, 7) is 1.79. The standard InChI is InChI=1S/C20H19NO2/c22-20(23)18-11-7-10-17(13-12-16-8-3-1-4-9-16)19(18)21-14-5-2-6-15-21/h1,3-4,7-11H,2,5-6,14-15H2,(H,22,23). The van der Waals surface area contributed by atoms with Crippen molar-refractivity contribution in [2.45, 2.75) is 19.3 Å². The molecule has 1 N–H and O–H groups in total. The van der Waals surface area contributed by atoms with Crippen molar-refractivity contribution in [2.75, 3.05) is 18.0 Å². The van der Waals surface area contributed by atoms with Gasteiger partial charge in [0.2, 0.25) is 0 Å². The van der Waals surface area contributed by atoms with Gasteiger partial charge in [0.15, 0.2) is 0 Å². The average Bonchev–Trinajstić information content (AvgIpc) is 2.61. The van der Waals surface area contributed by atoms with Gasteiger partial charge in [-0.2, -0.15) is 0 Å². The molecule has 0 amide bonds. The number of hydrogen-bond acceptors (Lipinski definition) is 2. The van der Waals surface area contributed by atoms with Crippen LogP contribution in [0.3, 0.4) is 0 Å². The monoisotopic (exact) mass is 305 g/mol. The van der Waals surface area contributed by atoms with Gasteiger partial charge in [0.1, 0.15) is 0 Å². The summed E-state index contributed by atoms with van der Waals surface area (Å²) in [5.74, 6) is 5.41. The van der Waals surface area contributed by atoms with Crippen molar-refractivity contribution < 1.29 is 9.90 Å². The van der Waals surface area contributed by atoms with Gasteiger partial charge in [-0.15, -0.1) is 0 Å². The number of carboxylic acid groups (broad SMARTS) is 1. The summed E-state index contributed by atoms with van der Waals surface area (Å²) in [6.07, 6.45) is 3.40. The zero-order valence-electron chi connectivity index (χ0n) is 13.0. The topological polar surface area (TPSA) is 40.5 Å². The minimum Gasteiger partial charge on any atom is -0.478 e. The zero-order valence-corrected chi connectivity index (χ0v) is 13.0. The van der Waals surface area contributed by atoms with E-state index in [1.54, 1.807) is 12.1 Å². The Hall–Kier alpha value is -2.73. The molecule has 1 saturated heterocycles. The molecule has 2 aromatic rings. The van der Waals surface area contributed by atoms with Crippen LogP contribution in [-0.4, -0.2) is 24.2 Å². The van der Waals surface area contributed by atoms with E-state index >= 15 is 0 Å². The van der Waals surface area contributed by atoms with Crippen LogP contribution in [0.15, 0.2) is 48.5 Å². The molecule has 2 aromatic carbocycles. The molecule has 0 aliphatic carbocycles. The fourth-order valence-corrected chi connectivity index (χ4v) is 2.94. The van der Waals surface area contributed by atoms with Gasteiger partial charge in [-0.25, -0.2) is 4.79 Å². The fraction of sp³-hybridized carbons (Fsp3) is 0.250. The van der Waals surface area contributed by atoms with Crippen LogP contribution in [0.4, 0.5) is 5.69 Å². The van der Waals surface area contributed by atoms with Crippen LogP contribution in [0.25, 0.3) is 0 Å². The quantitative estimate of drug-likeness (QED) is 0.859. The molecule has 0 unspecified atom stereocenters. The van der Waals surface area contributed by atoms with Crippen molar-refractivity contribution in [1.29, 1.82) is 0 Å². The summed E-state index contributed by atoms with van der Waals surface area (Å²) in [5.41, 5.74) is 2.82. The van der Waals surface area contributed by atoms with Crippen molar-refractivity contribution in [3.05, 3.63) is 65.2 Å². The number of nitrogens with zero attached hydrogens (tertiary/aromatic N) is 1. The molecule has 3 heteroatoms. The van der Waals surface area contributed by atoms with Crippen LogP contribution in [0.5, 0.6) is 0 Å². The molecule has 1 fully saturated rings. The maximum atomic E-state index is 11.6. The van der Waals surface area contributed by atoms with E-state index in [-0.39, 0.29) is 0 Å². The Kier molecular flexibility index (Phi) is 4.63. The smallest absolute Gasteiger partial charge is 0.337 e. The summed E-state index contributed by atoms with van der Waals surface area (Å²) in [4.78, 5) is 13.8. The SMILES string of the molecule is O=C(O)c1cccc(C#Cc2ccccc2)c1N1CCCCC1. The van der Waals surface area contributed by atoms with Gasteiger partial charge in [-0.05, 0) is 43.5 Å². The average molecular weight is 305 g/mol. The van der Waals surface area contributed by atoms with Gasteiger partial charge in [-0.1, -0.05) is 36.1 Å². The van der Waals surface area contributed by atoms with Gasteiger partial charge in [0.05, 0.1) is 11.3 Å². The second-order valence-corrected chi connectivity index (χ2v) is 5.67. The van der Waals surface area contributed by atoms with Gasteiger partial charge < -0.3 is 10.0 Å². The highest BCUT2D eigenvalue weighted by molar-refractivity contribution is 5.96. The van der Waals surface area contributed by atoms with Crippen molar-refractivity contribution in [1.82, 2.24) is 0 Å². The van der Waals surface area contributed by atoms with E-state index in [0.717, 1.165) is 42.7 Å². The van der Waals surface area contributed by atoms with Gasteiger partial charge in [0, 0.05) is 24.2 Å². The number of piperidine rings is 1. The molecule has 0 saturated carbocycles. The van der Waals surface area contributed by atoms with Gasteiger partial charge >= 0.3 is 5.97 Å². The second-order valence-electron chi connectivity index (χ2n) is 5.67. The number of para-hydroxylation sites is 1.